The summed E-state index contributed by atoms with van der Waals surface area (Å²) >= 11 is 0. The molecule has 1 nitrogen and oxygen atoms in total. The van der Waals surface area contributed by atoms with E-state index in [0.717, 1.165) is 6.61 Å². The average molecular weight is 369 g/mol. The largest absolute Gasteiger partial charge is 0.409 e. The Kier molecular flexibility index (Phi) is 6.61. The van der Waals surface area contributed by atoms with E-state index in [-0.39, 0.29) is 0 Å². The van der Waals surface area contributed by atoms with Gasteiger partial charge in [-0.15, -0.1) is 0 Å². The lowest BCUT2D eigenvalue weighted by Crippen LogP contribution is -2.45. The number of rotatable bonds is 7. The Labute approximate surface area is 155 Å². The molecule has 2 rings (SSSR count). The van der Waals surface area contributed by atoms with E-state index in [1.54, 1.807) is 0 Å². The number of hydrogen-bond donors (Lipinski definition) is 0. The normalized spacial score (nSPS) is 13.3. The quantitative estimate of drug-likeness (QED) is 0.635. The van der Waals surface area contributed by atoms with Crippen LogP contribution in [-0.4, -0.2) is 23.0 Å². The second-order valence-electron chi connectivity index (χ2n) is 8.13. The van der Waals surface area contributed by atoms with Crippen molar-refractivity contribution in [1.29, 1.82) is 0 Å². The van der Waals surface area contributed by atoms with Crippen molar-refractivity contribution in [3.8, 4) is 0 Å². The van der Waals surface area contributed by atoms with E-state index >= 15 is 0 Å². The van der Waals surface area contributed by atoms with Gasteiger partial charge in [0.1, 0.15) is 8.07 Å². The molecule has 0 saturated carbocycles. The predicted molar refractivity (Wildman–Crippen MR) is 116 cm³/mol. The van der Waals surface area contributed by atoms with Crippen molar-refractivity contribution in [2.45, 2.75) is 40.0 Å². The molecule has 0 radical (unpaired) electrons. The number of hydrogen-bond acceptors (Lipinski definition) is 1. The van der Waals surface area contributed by atoms with Gasteiger partial charge < -0.3 is 4.43 Å². The molecule has 0 amide bonds. The fourth-order valence-corrected chi connectivity index (χ4v) is 7.23. The van der Waals surface area contributed by atoms with Gasteiger partial charge in [-0.05, 0) is 24.2 Å². The van der Waals surface area contributed by atoms with Crippen LogP contribution in [0.3, 0.4) is 0 Å². The van der Waals surface area contributed by atoms with Crippen molar-refractivity contribution in [3.63, 3.8) is 0 Å². The molecule has 0 N–H and O–H groups in total. The van der Waals surface area contributed by atoms with Crippen molar-refractivity contribution < 1.29 is 4.43 Å². The smallest absolute Gasteiger partial charge is 0.218 e. The topological polar surface area (TPSA) is 9.23 Å². The summed E-state index contributed by atoms with van der Waals surface area (Å²) in [5.74, 6) is 0.510. The van der Waals surface area contributed by atoms with Gasteiger partial charge in [0.05, 0.1) is 6.61 Å². The lowest BCUT2D eigenvalue weighted by molar-refractivity contribution is 0.338. The van der Waals surface area contributed by atoms with Crippen LogP contribution >= 0.6 is 0 Å². The molecule has 0 bridgehead atoms. The van der Waals surface area contributed by atoms with Gasteiger partial charge >= 0.3 is 0 Å². The molecule has 0 saturated heterocycles. The highest BCUT2D eigenvalue weighted by atomic mass is 28.4. The van der Waals surface area contributed by atoms with Crippen LogP contribution in [0, 0.1) is 5.92 Å². The highest BCUT2D eigenvalue weighted by Gasteiger charge is 2.27. The summed E-state index contributed by atoms with van der Waals surface area (Å²) in [5, 5.41) is 2.84. The minimum Gasteiger partial charge on any atom is -0.409 e. The highest BCUT2D eigenvalue weighted by Crippen LogP contribution is 2.18. The van der Waals surface area contributed by atoms with E-state index in [9.17, 15) is 0 Å². The summed E-state index contributed by atoms with van der Waals surface area (Å²) in [6, 6.07) is 21.6. The average Bonchev–Trinajstić information content (AvgIpc) is 2.60. The molecule has 2 aromatic rings. The molecule has 0 atom stereocenters. The maximum Gasteiger partial charge on any atom is 0.218 e. The molecule has 0 aliphatic carbocycles. The fraction of sp³-hybridized carbons (Fsp3) is 0.364. The summed E-state index contributed by atoms with van der Waals surface area (Å²) in [4.78, 5) is 0. The first-order valence-corrected chi connectivity index (χ1v) is 15.2. The van der Waals surface area contributed by atoms with Crippen LogP contribution < -0.4 is 10.4 Å². The van der Waals surface area contributed by atoms with E-state index in [4.69, 9.17) is 4.43 Å². The Morgan fingerprint density at radius 3 is 1.80 bits per heavy atom. The summed E-state index contributed by atoms with van der Waals surface area (Å²) in [7, 11) is -3.48. The van der Waals surface area contributed by atoms with Crippen LogP contribution in [-0.2, 0) is 4.43 Å². The van der Waals surface area contributed by atoms with E-state index in [2.05, 4.69) is 106 Å². The molecule has 0 aromatic heterocycles. The van der Waals surface area contributed by atoms with Crippen molar-refractivity contribution in [2.75, 3.05) is 6.61 Å². The molecule has 0 aliphatic heterocycles. The second-order valence-corrected chi connectivity index (χ2v) is 16.3. The van der Waals surface area contributed by atoms with Crippen LogP contribution in [0.2, 0.25) is 26.2 Å². The van der Waals surface area contributed by atoms with Gasteiger partial charge in [-0.1, -0.05) is 104 Å². The first kappa shape index (κ1) is 19.9. The van der Waals surface area contributed by atoms with Crippen LogP contribution in [0.5, 0.6) is 0 Å². The SMILES string of the molecule is CC(C)/C(=C\[Si](C)(C)c1ccccc1)CO[Si](C)(C)c1ccccc1. The van der Waals surface area contributed by atoms with Crippen LogP contribution in [0.1, 0.15) is 13.8 Å². The van der Waals surface area contributed by atoms with Crippen molar-refractivity contribution >= 4 is 26.8 Å². The third-order valence-electron chi connectivity index (χ3n) is 4.87. The Hall–Kier alpha value is -1.43. The molecular weight excluding hydrogens is 336 g/mol. The lowest BCUT2D eigenvalue weighted by Gasteiger charge is -2.27. The third-order valence-corrected chi connectivity index (χ3v) is 10.4. The maximum atomic E-state index is 6.51. The lowest BCUT2D eigenvalue weighted by atomic mass is 10.1. The molecule has 3 heteroatoms. The van der Waals surface area contributed by atoms with E-state index in [0.29, 0.717) is 5.92 Å². The van der Waals surface area contributed by atoms with E-state index in [1.807, 2.05) is 0 Å². The van der Waals surface area contributed by atoms with Gasteiger partial charge in [-0.3, -0.25) is 0 Å². The monoisotopic (exact) mass is 368 g/mol. The van der Waals surface area contributed by atoms with Gasteiger partial charge in [0.25, 0.3) is 0 Å². The zero-order chi connectivity index (χ0) is 18.5. The van der Waals surface area contributed by atoms with Gasteiger partial charge in [0.15, 0.2) is 0 Å². The maximum absolute atomic E-state index is 6.51. The zero-order valence-corrected chi connectivity index (χ0v) is 18.5. The van der Waals surface area contributed by atoms with Gasteiger partial charge in [-0.2, -0.15) is 0 Å². The fourth-order valence-electron chi connectivity index (χ4n) is 2.98. The van der Waals surface area contributed by atoms with Crippen molar-refractivity contribution in [3.05, 3.63) is 71.9 Å². The Morgan fingerprint density at radius 1 is 0.840 bits per heavy atom. The second kappa shape index (κ2) is 8.30. The molecule has 0 fully saturated rings. The van der Waals surface area contributed by atoms with Gasteiger partial charge in [0, 0.05) is 0 Å². The molecule has 2 aromatic carbocycles. The predicted octanol–water partition coefficient (Wildman–Crippen LogP) is 4.85. The molecule has 0 aliphatic rings. The van der Waals surface area contributed by atoms with Crippen LogP contribution in [0.15, 0.2) is 71.9 Å². The Bertz CT molecular complexity index is 688. The summed E-state index contributed by atoms with van der Waals surface area (Å²) in [6.45, 7) is 14.7. The summed E-state index contributed by atoms with van der Waals surface area (Å²) < 4.78 is 6.51. The first-order valence-electron chi connectivity index (χ1n) is 9.19. The summed E-state index contributed by atoms with van der Waals surface area (Å²) in [5.41, 5.74) is 3.99. The van der Waals surface area contributed by atoms with E-state index in [1.165, 1.54) is 15.9 Å². The Balaban J connectivity index is 2.19. The minimum absolute atomic E-state index is 0.510. The van der Waals surface area contributed by atoms with Gasteiger partial charge in [0.2, 0.25) is 8.32 Å². The van der Waals surface area contributed by atoms with E-state index < -0.39 is 16.4 Å². The van der Waals surface area contributed by atoms with Gasteiger partial charge in [-0.25, -0.2) is 0 Å². The molecule has 0 heterocycles. The Morgan fingerprint density at radius 2 is 1.32 bits per heavy atom. The highest BCUT2D eigenvalue weighted by molar-refractivity contribution is 6.94. The minimum atomic E-state index is -1.87. The van der Waals surface area contributed by atoms with Crippen LogP contribution in [0.4, 0.5) is 0 Å². The van der Waals surface area contributed by atoms with Crippen molar-refractivity contribution in [1.82, 2.24) is 0 Å². The molecule has 0 unspecified atom stereocenters. The van der Waals surface area contributed by atoms with Crippen LogP contribution in [0.25, 0.3) is 0 Å². The molecule has 25 heavy (non-hydrogen) atoms. The first-order chi connectivity index (χ1) is 11.7. The third kappa shape index (κ3) is 5.53. The molecule has 134 valence electrons. The molecule has 0 spiro atoms. The summed E-state index contributed by atoms with van der Waals surface area (Å²) in [6.07, 6.45) is 0. The zero-order valence-electron chi connectivity index (χ0n) is 16.5. The number of benzene rings is 2. The standard InChI is InChI=1S/C22H32OSi2/c1-19(2)20(18-24(3,4)21-13-9-7-10-14-21)17-23-25(5,6)22-15-11-8-12-16-22/h7-16,18-19H,17H2,1-6H3/b20-18-. The van der Waals surface area contributed by atoms with Crippen molar-refractivity contribution in [2.24, 2.45) is 5.92 Å². The molecular formula is C22H32OSi2.